The van der Waals surface area contributed by atoms with Gasteiger partial charge in [0.15, 0.2) is 0 Å². The number of rotatable bonds is 3. The number of nitrogens with zero attached hydrogens (tertiary/aromatic N) is 1. The molecule has 1 heterocycles. The average molecular weight is 223 g/mol. The van der Waals surface area contributed by atoms with Crippen LogP contribution >= 0.6 is 0 Å². The van der Waals surface area contributed by atoms with Crippen LogP contribution in [0.3, 0.4) is 0 Å². The lowest BCUT2D eigenvalue weighted by Crippen LogP contribution is -2.33. The molecule has 2 aliphatic rings. The minimum Gasteiger partial charge on any atom is -0.298 e. The molecule has 2 fully saturated rings. The Labute approximate surface area is 99.4 Å². The van der Waals surface area contributed by atoms with E-state index < -0.39 is 0 Å². The first-order valence-electron chi connectivity index (χ1n) is 6.82. The van der Waals surface area contributed by atoms with E-state index in [1.165, 1.54) is 25.7 Å². The summed E-state index contributed by atoms with van der Waals surface area (Å²) in [6.07, 6.45) is 7.40. The van der Waals surface area contributed by atoms with Gasteiger partial charge in [-0.1, -0.05) is 33.1 Å². The average Bonchev–Trinajstić information content (AvgIpc) is 2.59. The molecule has 0 unspecified atom stereocenters. The first kappa shape index (κ1) is 12.1. The van der Waals surface area contributed by atoms with Crippen molar-refractivity contribution in [3.05, 3.63) is 0 Å². The molecule has 0 amide bonds. The number of hydrogen-bond donors (Lipinski definition) is 0. The van der Waals surface area contributed by atoms with Crippen molar-refractivity contribution in [2.75, 3.05) is 19.6 Å². The molecular weight excluding hydrogens is 198 g/mol. The summed E-state index contributed by atoms with van der Waals surface area (Å²) in [4.78, 5) is 14.5. The molecule has 0 aromatic heterocycles. The van der Waals surface area contributed by atoms with Crippen LogP contribution in [-0.4, -0.2) is 30.3 Å². The Morgan fingerprint density at radius 1 is 1.25 bits per heavy atom. The van der Waals surface area contributed by atoms with Gasteiger partial charge in [0.1, 0.15) is 5.78 Å². The van der Waals surface area contributed by atoms with Crippen molar-refractivity contribution in [1.82, 2.24) is 4.90 Å². The Kier molecular flexibility index (Phi) is 3.68. The zero-order valence-corrected chi connectivity index (χ0v) is 10.8. The van der Waals surface area contributed by atoms with Gasteiger partial charge in [0.2, 0.25) is 0 Å². The molecule has 0 atom stereocenters. The molecule has 2 nitrogen and oxygen atoms in total. The van der Waals surface area contributed by atoms with E-state index in [1.54, 1.807) is 0 Å². The van der Waals surface area contributed by atoms with Gasteiger partial charge in [-0.3, -0.25) is 9.69 Å². The number of carbonyl (C=O) groups is 1. The van der Waals surface area contributed by atoms with Crippen LogP contribution in [0.25, 0.3) is 0 Å². The third-order valence-electron chi connectivity index (χ3n) is 4.20. The number of ketones is 1. The predicted octanol–water partition coefficient (Wildman–Crippen LogP) is 2.87. The summed E-state index contributed by atoms with van der Waals surface area (Å²) in [6.45, 7) is 7.54. The van der Waals surface area contributed by atoms with Crippen LogP contribution < -0.4 is 0 Å². The second-order valence-corrected chi connectivity index (χ2v) is 6.43. The molecule has 0 N–H and O–H groups in total. The van der Waals surface area contributed by atoms with Gasteiger partial charge in [-0.05, 0) is 31.2 Å². The van der Waals surface area contributed by atoms with Crippen LogP contribution in [0.1, 0.15) is 52.4 Å². The second kappa shape index (κ2) is 4.87. The predicted molar refractivity (Wildman–Crippen MR) is 66.4 cm³/mol. The first-order chi connectivity index (χ1) is 7.57. The summed E-state index contributed by atoms with van der Waals surface area (Å²) in [5.41, 5.74) is 0.423. The van der Waals surface area contributed by atoms with Crippen molar-refractivity contribution in [1.29, 1.82) is 0 Å². The van der Waals surface area contributed by atoms with Crippen molar-refractivity contribution in [3.8, 4) is 0 Å². The lowest BCUT2D eigenvalue weighted by Gasteiger charge is -2.24. The van der Waals surface area contributed by atoms with Crippen LogP contribution in [0.2, 0.25) is 0 Å². The van der Waals surface area contributed by atoms with Gasteiger partial charge in [0.25, 0.3) is 0 Å². The van der Waals surface area contributed by atoms with Crippen LogP contribution in [-0.2, 0) is 4.79 Å². The number of hydrogen-bond acceptors (Lipinski definition) is 2. The van der Waals surface area contributed by atoms with Crippen molar-refractivity contribution >= 4 is 5.78 Å². The molecule has 0 aromatic carbocycles. The molecule has 2 heteroatoms. The molecule has 1 saturated heterocycles. The van der Waals surface area contributed by atoms with Gasteiger partial charge in [0, 0.05) is 12.5 Å². The second-order valence-electron chi connectivity index (χ2n) is 6.43. The minimum absolute atomic E-state index is 0.387. The zero-order valence-electron chi connectivity index (χ0n) is 10.8. The Bertz CT molecular complexity index is 253. The van der Waals surface area contributed by atoms with E-state index in [0.717, 1.165) is 25.9 Å². The molecule has 1 saturated carbocycles. The van der Waals surface area contributed by atoms with Crippen molar-refractivity contribution in [2.24, 2.45) is 11.3 Å². The van der Waals surface area contributed by atoms with Gasteiger partial charge >= 0.3 is 0 Å². The topological polar surface area (TPSA) is 20.3 Å². The van der Waals surface area contributed by atoms with Gasteiger partial charge in [-0.2, -0.15) is 0 Å². The first-order valence-corrected chi connectivity index (χ1v) is 6.82. The lowest BCUT2D eigenvalue weighted by molar-refractivity contribution is -0.124. The summed E-state index contributed by atoms with van der Waals surface area (Å²) in [6, 6.07) is 0. The number of Topliss-reactive ketones (excluding diaryl/α,β-unsaturated/α-hetero) is 1. The molecule has 2 rings (SSSR count). The van der Waals surface area contributed by atoms with E-state index in [-0.39, 0.29) is 0 Å². The maximum absolute atomic E-state index is 12.1. The molecule has 0 radical (unpaired) electrons. The lowest BCUT2D eigenvalue weighted by atomic mass is 9.86. The highest BCUT2D eigenvalue weighted by atomic mass is 16.1. The van der Waals surface area contributed by atoms with Crippen LogP contribution in [0.15, 0.2) is 0 Å². The number of carbonyl (C=O) groups excluding carboxylic acids is 1. The molecule has 16 heavy (non-hydrogen) atoms. The van der Waals surface area contributed by atoms with E-state index >= 15 is 0 Å². The normalized spacial score (nSPS) is 27.1. The fraction of sp³-hybridized carbons (Fsp3) is 0.929. The summed E-state index contributed by atoms with van der Waals surface area (Å²) in [7, 11) is 0. The summed E-state index contributed by atoms with van der Waals surface area (Å²) in [5.74, 6) is 0.898. The maximum Gasteiger partial charge on any atom is 0.149 e. The Hall–Kier alpha value is -0.370. The monoisotopic (exact) mass is 223 g/mol. The van der Waals surface area contributed by atoms with E-state index in [4.69, 9.17) is 0 Å². The maximum atomic E-state index is 12.1. The van der Waals surface area contributed by atoms with Crippen molar-refractivity contribution in [2.45, 2.75) is 52.4 Å². The van der Waals surface area contributed by atoms with Crippen LogP contribution in [0.4, 0.5) is 0 Å². The SMILES string of the molecule is CC1(C)CCN(CC(=O)C2CCCCC2)C1. The molecule has 1 aliphatic carbocycles. The van der Waals surface area contributed by atoms with Gasteiger partial charge in [0.05, 0.1) is 6.54 Å². The van der Waals surface area contributed by atoms with E-state index in [0.29, 0.717) is 23.7 Å². The highest BCUT2D eigenvalue weighted by Crippen LogP contribution is 2.30. The Balaban J connectivity index is 1.79. The third-order valence-corrected chi connectivity index (χ3v) is 4.20. The fourth-order valence-electron chi connectivity index (χ4n) is 3.13. The standard InChI is InChI=1S/C14H25NO/c1-14(2)8-9-15(11-14)10-13(16)12-6-4-3-5-7-12/h12H,3-11H2,1-2H3. The van der Waals surface area contributed by atoms with Gasteiger partial charge in [-0.15, -0.1) is 0 Å². The summed E-state index contributed by atoms with van der Waals surface area (Å²) >= 11 is 0. The highest BCUT2D eigenvalue weighted by Gasteiger charge is 2.31. The van der Waals surface area contributed by atoms with Crippen LogP contribution in [0.5, 0.6) is 0 Å². The molecule has 0 bridgehead atoms. The van der Waals surface area contributed by atoms with E-state index in [9.17, 15) is 4.79 Å². The summed E-state index contributed by atoms with van der Waals surface area (Å²) in [5, 5.41) is 0. The fourth-order valence-corrected chi connectivity index (χ4v) is 3.13. The third kappa shape index (κ3) is 3.07. The van der Waals surface area contributed by atoms with Crippen molar-refractivity contribution in [3.63, 3.8) is 0 Å². The van der Waals surface area contributed by atoms with Crippen molar-refractivity contribution < 1.29 is 4.79 Å². The van der Waals surface area contributed by atoms with E-state index in [1.807, 2.05) is 0 Å². The Morgan fingerprint density at radius 3 is 2.50 bits per heavy atom. The number of likely N-dealkylation sites (tertiary alicyclic amines) is 1. The minimum atomic E-state index is 0.387. The smallest absolute Gasteiger partial charge is 0.149 e. The molecule has 0 aromatic rings. The van der Waals surface area contributed by atoms with Gasteiger partial charge in [-0.25, -0.2) is 0 Å². The van der Waals surface area contributed by atoms with E-state index in [2.05, 4.69) is 18.7 Å². The molecular formula is C14H25NO. The quantitative estimate of drug-likeness (QED) is 0.733. The largest absolute Gasteiger partial charge is 0.298 e. The molecule has 1 aliphatic heterocycles. The Morgan fingerprint density at radius 2 is 1.94 bits per heavy atom. The zero-order chi connectivity index (χ0) is 11.6. The summed E-state index contributed by atoms with van der Waals surface area (Å²) < 4.78 is 0. The van der Waals surface area contributed by atoms with Gasteiger partial charge < -0.3 is 0 Å². The molecule has 92 valence electrons. The molecule has 0 spiro atoms. The highest BCUT2D eigenvalue weighted by molar-refractivity contribution is 5.83. The van der Waals surface area contributed by atoms with Crippen LogP contribution in [0, 0.1) is 11.3 Å².